The minimum atomic E-state index is -4.81. The number of aromatic nitrogens is 1. The molecule has 0 bridgehead atoms. The number of aliphatic hydroxyl groups is 1. The van der Waals surface area contributed by atoms with Gasteiger partial charge in [0.15, 0.2) is 0 Å². The van der Waals surface area contributed by atoms with Crippen LogP contribution >= 0.6 is 0 Å². The summed E-state index contributed by atoms with van der Waals surface area (Å²) in [6.07, 6.45) is -1.50. The number of amides is 1. The van der Waals surface area contributed by atoms with Gasteiger partial charge in [0.25, 0.3) is 5.91 Å². The lowest BCUT2D eigenvalue weighted by atomic mass is 10.1. The molecular formula is C21H22F3N5O4. The number of hydrogen-bond acceptors (Lipinski definition) is 8. The number of pyridine rings is 1. The number of alkyl halides is 3. The molecule has 1 unspecified atom stereocenters. The number of nitrogens with two attached hydrogens (primary N) is 1. The van der Waals surface area contributed by atoms with E-state index >= 15 is 0 Å². The Labute approximate surface area is 187 Å². The largest absolute Gasteiger partial charge is 0.573 e. The Hall–Kier alpha value is -3.64. The standard InChI is InChI=1S/C21H22F3N5O4/c22-21(23,24)33-15-3-1-14(2-4-15)28-20(31)13-9-17(18(26)5-6-25)19(27-10-13)29-7-8-32-16(11-29)12-30/h1-6,9-10,16,25,30H,7-8,11-12,26H2,(H,28,31)/b18-5-,25-6?. The Bertz CT molecular complexity index is 1030. The van der Waals surface area contributed by atoms with Gasteiger partial charge in [-0.3, -0.25) is 4.79 Å². The number of benzene rings is 1. The van der Waals surface area contributed by atoms with Gasteiger partial charge in [0.2, 0.25) is 0 Å². The molecule has 9 nitrogen and oxygen atoms in total. The quantitative estimate of drug-likeness (QED) is 0.461. The van der Waals surface area contributed by atoms with Crippen molar-refractivity contribution < 1.29 is 32.5 Å². The Morgan fingerprint density at radius 1 is 1.39 bits per heavy atom. The van der Waals surface area contributed by atoms with Crippen molar-refractivity contribution in [1.82, 2.24) is 4.98 Å². The Morgan fingerprint density at radius 2 is 2.12 bits per heavy atom. The summed E-state index contributed by atoms with van der Waals surface area (Å²) in [5.74, 6) is -0.500. The van der Waals surface area contributed by atoms with Crippen molar-refractivity contribution in [2.24, 2.45) is 5.73 Å². The molecule has 3 rings (SSSR count). The van der Waals surface area contributed by atoms with E-state index in [0.29, 0.717) is 31.1 Å². The average molecular weight is 465 g/mol. The molecule has 0 spiro atoms. The summed E-state index contributed by atoms with van der Waals surface area (Å²) >= 11 is 0. The van der Waals surface area contributed by atoms with Crippen LogP contribution in [0.15, 0.2) is 42.6 Å². The van der Waals surface area contributed by atoms with E-state index in [1.165, 1.54) is 30.5 Å². The van der Waals surface area contributed by atoms with Crippen LogP contribution in [0, 0.1) is 5.41 Å². The summed E-state index contributed by atoms with van der Waals surface area (Å²) in [7, 11) is 0. The van der Waals surface area contributed by atoms with Gasteiger partial charge in [0.1, 0.15) is 11.6 Å². The molecule has 5 N–H and O–H groups in total. The van der Waals surface area contributed by atoms with Crippen LogP contribution in [0.5, 0.6) is 5.75 Å². The highest BCUT2D eigenvalue weighted by molar-refractivity contribution is 6.05. The molecule has 0 saturated carbocycles. The predicted octanol–water partition coefficient (Wildman–Crippen LogP) is 2.38. The Balaban J connectivity index is 1.82. The average Bonchev–Trinajstić information content (AvgIpc) is 2.79. The van der Waals surface area contributed by atoms with E-state index < -0.39 is 24.1 Å². The van der Waals surface area contributed by atoms with E-state index in [4.69, 9.17) is 15.9 Å². The summed E-state index contributed by atoms with van der Waals surface area (Å²) in [6, 6.07) is 6.21. The predicted molar refractivity (Wildman–Crippen MR) is 115 cm³/mol. The van der Waals surface area contributed by atoms with Crippen LogP contribution in [-0.4, -0.2) is 61.0 Å². The maximum Gasteiger partial charge on any atom is 0.573 e. The molecule has 2 aromatic rings. The zero-order chi connectivity index (χ0) is 24.0. The van der Waals surface area contributed by atoms with Crippen molar-refractivity contribution in [2.45, 2.75) is 12.5 Å². The smallest absolute Gasteiger partial charge is 0.406 e. The molecule has 1 aliphatic heterocycles. The normalized spacial score (nSPS) is 16.9. The zero-order valence-corrected chi connectivity index (χ0v) is 17.3. The number of nitrogens with zero attached hydrogens (tertiary/aromatic N) is 2. The molecule has 176 valence electrons. The number of carbonyl (C=O) groups excluding carboxylic acids is 1. The Morgan fingerprint density at radius 3 is 2.76 bits per heavy atom. The van der Waals surface area contributed by atoms with E-state index in [1.807, 2.05) is 4.90 Å². The van der Waals surface area contributed by atoms with E-state index in [1.54, 1.807) is 0 Å². The summed E-state index contributed by atoms with van der Waals surface area (Å²) < 4.78 is 46.1. The third kappa shape index (κ3) is 6.43. The number of allylic oxidation sites excluding steroid dienone is 1. The highest BCUT2D eigenvalue weighted by Crippen LogP contribution is 2.27. The minimum Gasteiger partial charge on any atom is -0.406 e. The summed E-state index contributed by atoms with van der Waals surface area (Å²) in [5, 5.41) is 19.3. The number of halogens is 3. The third-order valence-electron chi connectivity index (χ3n) is 4.69. The molecule has 1 atom stereocenters. The molecule has 1 aliphatic rings. The molecule has 1 aromatic heterocycles. The van der Waals surface area contributed by atoms with E-state index in [-0.39, 0.29) is 23.6 Å². The molecule has 1 fully saturated rings. The Kier molecular flexibility index (Phi) is 7.51. The lowest BCUT2D eigenvalue weighted by molar-refractivity contribution is -0.274. The molecular weight excluding hydrogens is 443 g/mol. The molecule has 1 amide bonds. The molecule has 12 heteroatoms. The van der Waals surface area contributed by atoms with Crippen LogP contribution in [0.25, 0.3) is 5.70 Å². The van der Waals surface area contributed by atoms with Crippen LogP contribution in [-0.2, 0) is 4.74 Å². The van der Waals surface area contributed by atoms with Crippen LogP contribution < -0.4 is 20.7 Å². The van der Waals surface area contributed by atoms with Crippen molar-refractivity contribution in [1.29, 1.82) is 5.41 Å². The van der Waals surface area contributed by atoms with Crippen LogP contribution in [0.1, 0.15) is 15.9 Å². The minimum absolute atomic E-state index is 0.151. The van der Waals surface area contributed by atoms with Gasteiger partial charge >= 0.3 is 6.36 Å². The van der Waals surface area contributed by atoms with E-state index in [2.05, 4.69) is 15.0 Å². The van der Waals surface area contributed by atoms with Gasteiger partial charge in [0, 0.05) is 42.4 Å². The number of rotatable bonds is 7. The molecule has 1 saturated heterocycles. The first kappa shape index (κ1) is 24.0. The molecule has 1 aromatic carbocycles. The van der Waals surface area contributed by atoms with Crippen molar-refractivity contribution in [3.05, 3.63) is 53.7 Å². The fourth-order valence-corrected chi connectivity index (χ4v) is 3.19. The summed E-state index contributed by atoms with van der Waals surface area (Å²) in [5.41, 5.74) is 7.12. The van der Waals surface area contributed by atoms with Crippen molar-refractivity contribution in [2.75, 3.05) is 36.5 Å². The SMILES string of the molecule is N=C/C=C(\N)c1cc(C(=O)Nc2ccc(OC(F)(F)F)cc2)cnc1N1CCOC(CO)C1. The van der Waals surface area contributed by atoms with Crippen molar-refractivity contribution in [3.8, 4) is 5.75 Å². The molecule has 33 heavy (non-hydrogen) atoms. The van der Waals surface area contributed by atoms with E-state index in [9.17, 15) is 23.1 Å². The van der Waals surface area contributed by atoms with Gasteiger partial charge in [-0.15, -0.1) is 13.2 Å². The number of morpholine rings is 1. The van der Waals surface area contributed by atoms with Crippen molar-refractivity contribution in [3.63, 3.8) is 0 Å². The lowest BCUT2D eigenvalue weighted by Crippen LogP contribution is -2.45. The number of ether oxygens (including phenoxy) is 2. The first-order chi connectivity index (χ1) is 15.7. The van der Waals surface area contributed by atoms with E-state index in [0.717, 1.165) is 18.3 Å². The first-order valence-electron chi connectivity index (χ1n) is 9.81. The van der Waals surface area contributed by atoms with Gasteiger partial charge < -0.3 is 35.9 Å². The maximum atomic E-state index is 12.7. The first-order valence-corrected chi connectivity index (χ1v) is 9.81. The van der Waals surface area contributed by atoms with Gasteiger partial charge in [-0.25, -0.2) is 4.98 Å². The van der Waals surface area contributed by atoms with Crippen molar-refractivity contribution >= 4 is 29.3 Å². The monoisotopic (exact) mass is 465 g/mol. The number of hydrogen-bond donors (Lipinski definition) is 4. The van der Waals surface area contributed by atoms with Gasteiger partial charge in [-0.05, 0) is 36.4 Å². The van der Waals surface area contributed by atoms with Crippen LogP contribution in [0.4, 0.5) is 24.7 Å². The van der Waals surface area contributed by atoms with Crippen LogP contribution in [0.2, 0.25) is 0 Å². The van der Waals surface area contributed by atoms with Gasteiger partial charge in [-0.2, -0.15) is 0 Å². The van der Waals surface area contributed by atoms with Crippen LogP contribution in [0.3, 0.4) is 0 Å². The lowest BCUT2D eigenvalue weighted by Gasteiger charge is -2.34. The second kappa shape index (κ2) is 10.3. The molecule has 0 radical (unpaired) electrons. The number of nitrogens with one attached hydrogen (secondary N) is 2. The number of carbonyl (C=O) groups is 1. The zero-order valence-electron chi connectivity index (χ0n) is 17.3. The molecule has 2 heterocycles. The third-order valence-corrected chi connectivity index (χ3v) is 4.69. The number of anilines is 2. The highest BCUT2D eigenvalue weighted by Gasteiger charge is 2.31. The summed E-state index contributed by atoms with van der Waals surface area (Å²) in [6.45, 7) is 1.07. The van der Waals surface area contributed by atoms with Gasteiger partial charge in [-0.1, -0.05) is 0 Å². The fourth-order valence-electron chi connectivity index (χ4n) is 3.19. The van der Waals surface area contributed by atoms with Gasteiger partial charge in [0.05, 0.1) is 24.9 Å². The number of aliphatic hydroxyl groups excluding tert-OH is 1. The highest BCUT2D eigenvalue weighted by atomic mass is 19.4. The molecule has 0 aliphatic carbocycles. The second-order valence-electron chi connectivity index (χ2n) is 7.03. The second-order valence-corrected chi connectivity index (χ2v) is 7.03. The fraction of sp³-hybridized carbons (Fsp3) is 0.286. The maximum absolute atomic E-state index is 12.7. The topological polar surface area (TPSA) is 134 Å². The summed E-state index contributed by atoms with van der Waals surface area (Å²) in [4.78, 5) is 19.0.